The van der Waals surface area contributed by atoms with Gasteiger partial charge in [0.05, 0.1) is 11.4 Å². The Morgan fingerprint density at radius 2 is 0.759 bits per heavy atom. The molecule has 0 saturated carbocycles. The van der Waals surface area contributed by atoms with Gasteiger partial charge in [0.2, 0.25) is 0 Å². The van der Waals surface area contributed by atoms with E-state index in [2.05, 4.69) is 187 Å². The molecular weight excluding hydrogens is 657 g/mol. The summed E-state index contributed by atoms with van der Waals surface area (Å²) < 4.78 is 0. The minimum Gasteiger partial charge on any atom is -0.344 e. The van der Waals surface area contributed by atoms with Gasteiger partial charge in [-0.05, 0) is 28.3 Å². The van der Waals surface area contributed by atoms with E-state index >= 15 is 0 Å². The lowest BCUT2D eigenvalue weighted by Crippen LogP contribution is -2.33. The van der Waals surface area contributed by atoms with Crippen molar-refractivity contribution in [2.75, 3.05) is 0 Å². The summed E-state index contributed by atoms with van der Waals surface area (Å²) in [5, 5.41) is 3.60. The molecule has 1 aromatic heterocycles. The van der Waals surface area contributed by atoms with Crippen LogP contribution in [0.25, 0.3) is 55.9 Å². The number of hydrogen-bond donors (Lipinski definition) is 1. The van der Waals surface area contributed by atoms with Gasteiger partial charge in [-0.15, -0.1) is 0 Å². The van der Waals surface area contributed by atoms with Crippen LogP contribution in [0.3, 0.4) is 0 Å². The van der Waals surface area contributed by atoms with Gasteiger partial charge >= 0.3 is 0 Å². The second-order valence-electron chi connectivity index (χ2n) is 13.2. The molecule has 0 aliphatic carbocycles. The Kier molecular flexibility index (Phi) is 8.98. The van der Waals surface area contributed by atoms with E-state index < -0.39 is 0 Å². The molecule has 1 aliphatic heterocycles. The Morgan fingerprint density at radius 3 is 1.26 bits per heavy atom. The van der Waals surface area contributed by atoms with Crippen LogP contribution in [0.5, 0.6) is 0 Å². The second-order valence-corrected chi connectivity index (χ2v) is 13.2. The van der Waals surface area contributed by atoms with E-state index in [9.17, 15) is 0 Å². The van der Waals surface area contributed by atoms with Crippen LogP contribution >= 0.6 is 0 Å². The molecule has 1 aliphatic rings. The van der Waals surface area contributed by atoms with E-state index in [4.69, 9.17) is 15.0 Å². The Labute approximate surface area is 315 Å². The van der Waals surface area contributed by atoms with Crippen LogP contribution in [0.1, 0.15) is 22.9 Å². The first kappa shape index (κ1) is 32.7. The van der Waals surface area contributed by atoms with E-state index in [1.165, 1.54) is 0 Å². The van der Waals surface area contributed by atoms with Crippen LogP contribution in [-0.4, -0.2) is 16.7 Å². The number of rotatable bonds is 8. The van der Waals surface area contributed by atoms with Crippen molar-refractivity contribution in [3.05, 3.63) is 223 Å². The van der Waals surface area contributed by atoms with Gasteiger partial charge in [-0.2, -0.15) is 0 Å². The molecule has 0 fully saturated rings. The molecule has 1 N–H and O–H groups in total. The number of hydrogen-bond acceptors (Lipinski definition) is 4. The molecule has 8 aromatic rings. The molecule has 9 rings (SSSR count). The Morgan fingerprint density at radius 1 is 0.352 bits per heavy atom. The molecule has 2 heterocycles. The average Bonchev–Trinajstić information content (AvgIpc) is 3.27. The van der Waals surface area contributed by atoms with Crippen LogP contribution in [0.2, 0.25) is 0 Å². The zero-order valence-corrected chi connectivity index (χ0v) is 29.5. The number of amidine groups is 2. The van der Waals surface area contributed by atoms with E-state index in [0.29, 0.717) is 5.84 Å². The number of aromatic nitrogens is 1. The molecular formula is C50H36N4. The Hall–Kier alpha value is -7.17. The first-order chi connectivity index (χ1) is 26.8. The highest BCUT2D eigenvalue weighted by Crippen LogP contribution is 2.48. The normalized spacial score (nSPS) is 13.7. The number of aliphatic imine (C=N–C) groups is 2. The summed E-state index contributed by atoms with van der Waals surface area (Å²) in [6.07, 6.45) is -0.299. The zero-order valence-electron chi connectivity index (χ0n) is 29.5. The highest BCUT2D eigenvalue weighted by Gasteiger charge is 2.26. The van der Waals surface area contributed by atoms with Crippen LogP contribution in [-0.2, 0) is 0 Å². The van der Waals surface area contributed by atoms with Crippen LogP contribution in [0, 0.1) is 0 Å². The molecule has 1 unspecified atom stereocenters. The third-order valence-electron chi connectivity index (χ3n) is 9.73. The molecule has 0 spiro atoms. The van der Waals surface area contributed by atoms with Gasteiger partial charge in [0.15, 0.2) is 5.84 Å². The number of pyridine rings is 1. The summed E-state index contributed by atoms with van der Waals surface area (Å²) in [7, 11) is 0. The predicted molar refractivity (Wildman–Crippen MR) is 223 cm³/mol. The summed E-state index contributed by atoms with van der Waals surface area (Å²) >= 11 is 0. The summed E-state index contributed by atoms with van der Waals surface area (Å²) in [6.45, 7) is 0. The van der Waals surface area contributed by atoms with Crippen molar-refractivity contribution < 1.29 is 0 Å². The van der Waals surface area contributed by atoms with Crippen molar-refractivity contribution in [2.24, 2.45) is 9.98 Å². The van der Waals surface area contributed by atoms with Crippen molar-refractivity contribution in [1.29, 1.82) is 0 Å². The van der Waals surface area contributed by atoms with Gasteiger partial charge in [-0.25, -0.2) is 15.0 Å². The smallest absolute Gasteiger partial charge is 0.159 e. The van der Waals surface area contributed by atoms with Crippen LogP contribution in [0.15, 0.2) is 216 Å². The first-order valence-electron chi connectivity index (χ1n) is 18.2. The van der Waals surface area contributed by atoms with E-state index in [0.717, 1.165) is 78.4 Å². The summed E-state index contributed by atoms with van der Waals surface area (Å²) in [4.78, 5) is 16.0. The SMILES string of the molecule is c1ccc(C2=NC(c3cccc(-c4c(-c5ccccc5)c(-c5ccccc5)nc(-c5ccccc5)c4-c4ccccc4)c3)=NC(c3ccccc3)N2)cc1. The Bertz CT molecular complexity index is 2480. The van der Waals surface area contributed by atoms with Gasteiger partial charge in [-0.3, -0.25) is 0 Å². The minimum absolute atomic E-state index is 0.299. The molecule has 54 heavy (non-hydrogen) atoms. The fourth-order valence-electron chi connectivity index (χ4n) is 7.20. The average molecular weight is 693 g/mol. The van der Waals surface area contributed by atoms with Crippen molar-refractivity contribution in [3.63, 3.8) is 0 Å². The first-order valence-corrected chi connectivity index (χ1v) is 18.2. The van der Waals surface area contributed by atoms with Gasteiger partial charge in [0, 0.05) is 38.9 Å². The second kappa shape index (κ2) is 14.8. The molecule has 1 atom stereocenters. The molecule has 0 radical (unpaired) electrons. The fourth-order valence-corrected chi connectivity index (χ4v) is 7.20. The quantitative estimate of drug-likeness (QED) is 0.172. The van der Waals surface area contributed by atoms with Crippen molar-refractivity contribution in [1.82, 2.24) is 10.3 Å². The topological polar surface area (TPSA) is 49.6 Å². The van der Waals surface area contributed by atoms with Gasteiger partial charge < -0.3 is 5.32 Å². The molecule has 4 nitrogen and oxygen atoms in total. The van der Waals surface area contributed by atoms with E-state index in [1.54, 1.807) is 0 Å². The van der Waals surface area contributed by atoms with Gasteiger partial charge in [0.1, 0.15) is 12.0 Å². The highest BCUT2D eigenvalue weighted by molar-refractivity contribution is 6.14. The third kappa shape index (κ3) is 6.53. The summed E-state index contributed by atoms with van der Waals surface area (Å²) in [5.74, 6) is 1.46. The maximum Gasteiger partial charge on any atom is 0.159 e. The minimum atomic E-state index is -0.299. The van der Waals surface area contributed by atoms with Crippen LogP contribution < -0.4 is 5.32 Å². The Balaban J connectivity index is 1.34. The van der Waals surface area contributed by atoms with E-state index in [-0.39, 0.29) is 6.17 Å². The number of benzene rings is 7. The third-order valence-corrected chi connectivity index (χ3v) is 9.73. The molecule has 4 heteroatoms. The summed E-state index contributed by atoms with van der Waals surface area (Å²) in [5.41, 5.74) is 13.4. The lowest BCUT2D eigenvalue weighted by molar-refractivity contribution is 0.674. The van der Waals surface area contributed by atoms with Crippen molar-refractivity contribution in [3.8, 4) is 55.9 Å². The van der Waals surface area contributed by atoms with Crippen molar-refractivity contribution in [2.45, 2.75) is 6.17 Å². The fraction of sp³-hybridized carbons (Fsp3) is 0.0200. The molecule has 0 amide bonds. The largest absolute Gasteiger partial charge is 0.344 e. The lowest BCUT2D eigenvalue weighted by Gasteiger charge is -2.25. The molecule has 0 saturated heterocycles. The number of nitrogens with one attached hydrogen (secondary N) is 1. The maximum atomic E-state index is 5.60. The lowest BCUT2D eigenvalue weighted by atomic mass is 9.83. The highest BCUT2D eigenvalue weighted by atomic mass is 15.2. The van der Waals surface area contributed by atoms with E-state index in [1.807, 2.05) is 24.3 Å². The predicted octanol–water partition coefficient (Wildman–Crippen LogP) is 11.9. The monoisotopic (exact) mass is 692 g/mol. The van der Waals surface area contributed by atoms with Crippen LogP contribution in [0.4, 0.5) is 0 Å². The summed E-state index contributed by atoms with van der Waals surface area (Å²) in [6, 6.07) is 71.6. The maximum absolute atomic E-state index is 5.60. The van der Waals surface area contributed by atoms with Gasteiger partial charge in [-0.1, -0.05) is 200 Å². The standard InChI is InChI=1S/C50H36N4/c1-7-20-35(21-8-1)44-43(45(36-22-9-2-10-23-36)47(38-26-13-4-14-27-38)51-46(44)37-24-11-3-12-25-37)41-32-19-33-42(34-41)50-53-48(39-28-15-5-16-29-39)52-49(54-50)40-30-17-6-18-31-40/h1-34,48H,(H,52,53,54). The number of nitrogens with zero attached hydrogens (tertiary/aromatic N) is 3. The van der Waals surface area contributed by atoms with Crippen molar-refractivity contribution >= 4 is 11.7 Å². The molecule has 0 bridgehead atoms. The zero-order chi connectivity index (χ0) is 36.1. The molecule has 256 valence electrons. The van der Waals surface area contributed by atoms with Gasteiger partial charge in [0.25, 0.3) is 0 Å². The molecule has 7 aromatic carbocycles.